The summed E-state index contributed by atoms with van der Waals surface area (Å²) in [5.41, 5.74) is 6.53. The Labute approximate surface area is 117 Å². The minimum atomic E-state index is 0.337. The molecule has 0 saturated carbocycles. The first-order chi connectivity index (χ1) is 9.24. The second-order valence-corrected chi connectivity index (χ2v) is 4.63. The quantitative estimate of drug-likeness (QED) is 0.786. The van der Waals surface area contributed by atoms with Crippen LogP contribution in [0.15, 0.2) is 47.3 Å². The van der Waals surface area contributed by atoms with Gasteiger partial charge < -0.3 is 10.5 Å². The molecule has 0 amide bonds. The van der Waals surface area contributed by atoms with Gasteiger partial charge in [-0.15, -0.1) is 0 Å². The topological polar surface area (TPSA) is 73.9 Å². The Balaban J connectivity index is 1.99. The normalized spacial score (nSPS) is 10.6. The van der Waals surface area contributed by atoms with Crippen molar-refractivity contribution in [2.75, 3.05) is 5.73 Å². The number of anilines is 1. The van der Waals surface area contributed by atoms with E-state index in [0.717, 1.165) is 10.9 Å². The van der Waals surface area contributed by atoms with E-state index in [1.807, 2.05) is 30.3 Å². The summed E-state index contributed by atoms with van der Waals surface area (Å²) in [6, 6.07) is 9.53. The summed E-state index contributed by atoms with van der Waals surface area (Å²) in [6.07, 6.45) is 3.10. The molecule has 0 fully saturated rings. The molecule has 2 heterocycles. The van der Waals surface area contributed by atoms with E-state index in [0.29, 0.717) is 21.9 Å². The van der Waals surface area contributed by atoms with Gasteiger partial charge in [0.05, 0.1) is 5.52 Å². The highest BCUT2D eigenvalue weighted by molar-refractivity contribution is 9.10. The fourth-order valence-corrected chi connectivity index (χ4v) is 1.94. The monoisotopic (exact) mass is 316 g/mol. The van der Waals surface area contributed by atoms with E-state index in [1.54, 1.807) is 6.20 Å². The van der Waals surface area contributed by atoms with Gasteiger partial charge in [0.15, 0.2) is 0 Å². The van der Waals surface area contributed by atoms with Gasteiger partial charge in [-0.25, -0.2) is 9.97 Å². The second kappa shape index (κ2) is 4.81. The maximum Gasteiger partial charge on any atom is 0.238 e. The van der Waals surface area contributed by atoms with Crippen LogP contribution >= 0.6 is 15.9 Å². The van der Waals surface area contributed by atoms with Crippen LogP contribution in [-0.2, 0) is 0 Å². The smallest absolute Gasteiger partial charge is 0.238 e. The molecule has 2 aromatic heterocycles. The number of fused-ring (bicyclic) bond motifs is 1. The number of pyridine rings is 1. The van der Waals surface area contributed by atoms with Crippen molar-refractivity contribution >= 4 is 32.7 Å². The maximum atomic E-state index is 5.68. The summed E-state index contributed by atoms with van der Waals surface area (Å²) in [7, 11) is 0. The molecule has 0 aliphatic carbocycles. The number of nitrogens with zero attached hydrogens (tertiary/aromatic N) is 3. The number of aromatic nitrogens is 3. The van der Waals surface area contributed by atoms with Crippen molar-refractivity contribution in [2.24, 2.45) is 0 Å². The Hall–Kier alpha value is -2.21. The minimum absolute atomic E-state index is 0.337. The molecular formula is C13H9BrN4O. The molecule has 0 aliphatic heterocycles. The van der Waals surface area contributed by atoms with E-state index in [1.165, 1.54) is 6.33 Å². The van der Waals surface area contributed by atoms with Gasteiger partial charge in [0, 0.05) is 17.6 Å². The van der Waals surface area contributed by atoms with Gasteiger partial charge in [-0.2, -0.15) is 0 Å². The SMILES string of the molecule is Nc1ncnc(Oc2ccc3cccnc3c2)c1Br. The molecule has 3 aromatic rings. The van der Waals surface area contributed by atoms with E-state index < -0.39 is 0 Å². The van der Waals surface area contributed by atoms with Gasteiger partial charge in [-0.1, -0.05) is 6.07 Å². The lowest BCUT2D eigenvalue weighted by Crippen LogP contribution is -1.96. The fourth-order valence-electron chi connectivity index (χ4n) is 1.66. The molecule has 0 radical (unpaired) electrons. The zero-order valence-corrected chi connectivity index (χ0v) is 11.3. The Morgan fingerprint density at radius 3 is 2.89 bits per heavy atom. The van der Waals surface area contributed by atoms with E-state index >= 15 is 0 Å². The highest BCUT2D eigenvalue weighted by Crippen LogP contribution is 2.31. The standard InChI is InChI=1S/C13H9BrN4O/c14-11-12(15)17-7-18-13(11)19-9-4-3-8-2-1-5-16-10(8)6-9/h1-7H,(H2,15,17,18). The predicted octanol–water partition coefficient (Wildman–Crippen LogP) is 3.16. The Kier molecular flexibility index (Phi) is 3.00. The number of hydrogen-bond donors (Lipinski definition) is 1. The van der Waals surface area contributed by atoms with Crippen LogP contribution in [0.4, 0.5) is 5.82 Å². The van der Waals surface area contributed by atoms with Crippen molar-refractivity contribution in [1.82, 2.24) is 15.0 Å². The number of nitrogen functional groups attached to an aromatic ring is 1. The zero-order chi connectivity index (χ0) is 13.2. The highest BCUT2D eigenvalue weighted by Gasteiger charge is 2.08. The van der Waals surface area contributed by atoms with Crippen LogP contribution < -0.4 is 10.5 Å². The Morgan fingerprint density at radius 2 is 2.00 bits per heavy atom. The van der Waals surface area contributed by atoms with Crippen LogP contribution in [0.2, 0.25) is 0 Å². The molecule has 5 nitrogen and oxygen atoms in total. The summed E-state index contributed by atoms with van der Waals surface area (Å²) in [6.45, 7) is 0. The van der Waals surface area contributed by atoms with Crippen LogP contribution in [0.3, 0.4) is 0 Å². The number of benzene rings is 1. The van der Waals surface area contributed by atoms with Crippen molar-refractivity contribution in [2.45, 2.75) is 0 Å². The second-order valence-electron chi connectivity index (χ2n) is 3.84. The van der Waals surface area contributed by atoms with Crippen LogP contribution in [-0.4, -0.2) is 15.0 Å². The number of rotatable bonds is 2. The number of hydrogen-bond acceptors (Lipinski definition) is 5. The molecular weight excluding hydrogens is 308 g/mol. The molecule has 0 spiro atoms. The molecule has 19 heavy (non-hydrogen) atoms. The van der Waals surface area contributed by atoms with Gasteiger partial charge >= 0.3 is 0 Å². The van der Waals surface area contributed by atoms with Crippen molar-refractivity contribution in [1.29, 1.82) is 0 Å². The third kappa shape index (κ3) is 2.34. The van der Waals surface area contributed by atoms with Gasteiger partial charge in [-0.3, -0.25) is 4.98 Å². The predicted molar refractivity (Wildman–Crippen MR) is 76.0 cm³/mol. The van der Waals surface area contributed by atoms with Crippen molar-refractivity contribution in [3.63, 3.8) is 0 Å². The Bertz CT molecular complexity index is 748. The molecule has 94 valence electrons. The van der Waals surface area contributed by atoms with E-state index in [9.17, 15) is 0 Å². The third-order valence-electron chi connectivity index (χ3n) is 2.58. The average Bonchev–Trinajstić information content (AvgIpc) is 2.44. The fraction of sp³-hybridized carbons (Fsp3) is 0. The molecule has 0 aliphatic rings. The Morgan fingerprint density at radius 1 is 1.11 bits per heavy atom. The highest BCUT2D eigenvalue weighted by atomic mass is 79.9. The minimum Gasteiger partial charge on any atom is -0.438 e. The average molecular weight is 317 g/mol. The van der Waals surface area contributed by atoms with E-state index in [4.69, 9.17) is 10.5 Å². The van der Waals surface area contributed by atoms with Crippen LogP contribution in [0.1, 0.15) is 0 Å². The number of nitrogens with two attached hydrogens (primary N) is 1. The molecule has 0 bridgehead atoms. The molecule has 3 rings (SSSR count). The van der Waals surface area contributed by atoms with Crippen LogP contribution in [0, 0.1) is 0 Å². The van der Waals surface area contributed by atoms with Gasteiger partial charge in [0.2, 0.25) is 5.88 Å². The lowest BCUT2D eigenvalue weighted by atomic mass is 10.2. The molecule has 1 aromatic carbocycles. The molecule has 0 unspecified atom stereocenters. The molecule has 0 saturated heterocycles. The zero-order valence-electron chi connectivity index (χ0n) is 9.75. The molecule has 2 N–H and O–H groups in total. The number of ether oxygens (including phenoxy) is 1. The first kappa shape index (κ1) is 11.9. The number of halogens is 1. The summed E-state index contributed by atoms with van der Waals surface area (Å²) in [4.78, 5) is 12.2. The van der Waals surface area contributed by atoms with Crippen LogP contribution in [0.25, 0.3) is 10.9 Å². The van der Waals surface area contributed by atoms with Crippen LogP contribution in [0.5, 0.6) is 11.6 Å². The van der Waals surface area contributed by atoms with Crippen molar-refractivity contribution < 1.29 is 4.74 Å². The first-order valence-corrected chi connectivity index (χ1v) is 6.32. The van der Waals surface area contributed by atoms with E-state index in [-0.39, 0.29) is 0 Å². The summed E-state index contributed by atoms with van der Waals surface area (Å²) in [5, 5.41) is 1.05. The van der Waals surface area contributed by atoms with E-state index in [2.05, 4.69) is 30.9 Å². The van der Waals surface area contributed by atoms with Gasteiger partial charge in [0.25, 0.3) is 0 Å². The van der Waals surface area contributed by atoms with Gasteiger partial charge in [-0.05, 0) is 34.1 Å². The largest absolute Gasteiger partial charge is 0.438 e. The summed E-state index contributed by atoms with van der Waals surface area (Å²) in [5.74, 6) is 1.36. The lowest BCUT2D eigenvalue weighted by Gasteiger charge is -2.07. The van der Waals surface area contributed by atoms with Gasteiger partial charge in [0.1, 0.15) is 22.4 Å². The van der Waals surface area contributed by atoms with Crippen molar-refractivity contribution in [3.05, 3.63) is 47.3 Å². The van der Waals surface area contributed by atoms with Crippen molar-refractivity contribution in [3.8, 4) is 11.6 Å². The summed E-state index contributed by atoms with van der Waals surface area (Å²) < 4.78 is 6.22. The lowest BCUT2D eigenvalue weighted by molar-refractivity contribution is 0.459. The maximum absolute atomic E-state index is 5.68. The molecule has 0 atom stereocenters. The summed E-state index contributed by atoms with van der Waals surface area (Å²) >= 11 is 3.30. The third-order valence-corrected chi connectivity index (χ3v) is 3.32. The first-order valence-electron chi connectivity index (χ1n) is 5.52. The molecule has 6 heteroatoms.